The van der Waals surface area contributed by atoms with Gasteiger partial charge in [0.15, 0.2) is 0 Å². The van der Waals surface area contributed by atoms with Crippen molar-refractivity contribution in [2.75, 3.05) is 30.9 Å². The summed E-state index contributed by atoms with van der Waals surface area (Å²) in [7, 11) is 1.43. The number of carbonyl (C=O) groups excluding carboxylic acids is 5. The Hall–Kier alpha value is -5.60. The average Bonchev–Trinajstić information content (AvgIpc) is 3.51. The van der Waals surface area contributed by atoms with Gasteiger partial charge in [0.25, 0.3) is 11.8 Å². The molecule has 2 heterocycles. The van der Waals surface area contributed by atoms with E-state index >= 15 is 0 Å². The highest BCUT2D eigenvalue weighted by Gasteiger charge is 2.31. The van der Waals surface area contributed by atoms with Crippen LogP contribution in [0.2, 0.25) is 0 Å². The Morgan fingerprint density at radius 1 is 1.00 bits per heavy atom. The fourth-order valence-electron chi connectivity index (χ4n) is 5.62. The summed E-state index contributed by atoms with van der Waals surface area (Å²) in [5.74, 6) is -1.74. The Bertz CT molecular complexity index is 2050. The number of rotatable bonds is 13. The predicted octanol–water partition coefficient (Wildman–Crippen LogP) is 6.46. The van der Waals surface area contributed by atoms with Crippen LogP contribution in [0, 0.1) is 0 Å². The first-order valence-electron chi connectivity index (χ1n) is 16.9. The third kappa shape index (κ3) is 9.64. The summed E-state index contributed by atoms with van der Waals surface area (Å²) in [4.78, 5) is 68.9. The summed E-state index contributed by atoms with van der Waals surface area (Å²) in [6, 6.07) is 19.8. The van der Waals surface area contributed by atoms with E-state index in [0.29, 0.717) is 64.0 Å². The smallest absolute Gasteiger partial charge is 0.341 e. The summed E-state index contributed by atoms with van der Waals surface area (Å²) in [5.41, 5.74) is 2.26. The number of hydrogen-bond acceptors (Lipinski definition) is 10. The lowest BCUT2D eigenvalue weighted by atomic mass is 10.0. The van der Waals surface area contributed by atoms with Crippen molar-refractivity contribution in [1.82, 2.24) is 10.2 Å². The number of esters is 1. The number of phenolic OH excluding ortho intramolecular Hbond substituents is 1. The fraction of sp³-hybridized carbons (Fsp3) is 0.256. The summed E-state index contributed by atoms with van der Waals surface area (Å²) in [5, 5.41) is 18.2. The highest BCUT2D eigenvalue weighted by atomic mass is 32.2. The SMILES string of the molecule is CCOC(=O)c1c(NC(=O)C(CC)Sc2cccc(NC(=O)/C(=C\c3ccc(O)cc3OC)NC(=O)c3ccccc3)c2)sc2c1CCN(C(C)=O)C2. The molecule has 276 valence electrons. The van der Waals surface area contributed by atoms with Crippen molar-refractivity contribution in [2.24, 2.45) is 0 Å². The molecule has 0 saturated carbocycles. The highest BCUT2D eigenvalue weighted by molar-refractivity contribution is 8.00. The molecular formula is C39H40N4O8S2. The van der Waals surface area contributed by atoms with Crippen LogP contribution >= 0.6 is 23.1 Å². The molecule has 4 aromatic rings. The first-order valence-corrected chi connectivity index (χ1v) is 18.6. The van der Waals surface area contributed by atoms with Crippen molar-refractivity contribution in [3.63, 3.8) is 0 Å². The number of anilines is 2. The van der Waals surface area contributed by atoms with E-state index in [9.17, 15) is 29.1 Å². The third-order valence-electron chi connectivity index (χ3n) is 8.30. The fourth-order valence-corrected chi connectivity index (χ4v) is 7.89. The van der Waals surface area contributed by atoms with Gasteiger partial charge in [-0.1, -0.05) is 31.2 Å². The van der Waals surface area contributed by atoms with E-state index in [2.05, 4.69) is 16.0 Å². The molecule has 14 heteroatoms. The number of nitrogens with zero attached hydrogens (tertiary/aromatic N) is 1. The number of methoxy groups -OCH3 is 1. The molecule has 53 heavy (non-hydrogen) atoms. The Kier molecular flexibility index (Phi) is 12.9. The van der Waals surface area contributed by atoms with Crippen LogP contribution in [0.3, 0.4) is 0 Å². The second kappa shape index (κ2) is 17.8. The predicted molar refractivity (Wildman–Crippen MR) is 205 cm³/mol. The van der Waals surface area contributed by atoms with Crippen molar-refractivity contribution in [3.8, 4) is 11.5 Å². The van der Waals surface area contributed by atoms with Gasteiger partial charge in [-0.05, 0) is 73.9 Å². The topological polar surface area (TPSA) is 163 Å². The quantitative estimate of drug-likeness (QED) is 0.0681. The molecule has 1 aliphatic heterocycles. The van der Waals surface area contributed by atoms with E-state index in [1.807, 2.05) is 13.0 Å². The molecule has 0 spiro atoms. The summed E-state index contributed by atoms with van der Waals surface area (Å²) < 4.78 is 10.7. The van der Waals surface area contributed by atoms with Crippen LogP contribution in [0.15, 0.2) is 83.4 Å². The summed E-state index contributed by atoms with van der Waals surface area (Å²) in [6.07, 6.45) is 2.39. The van der Waals surface area contributed by atoms with Crippen LogP contribution in [0.1, 0.15) is 63.9 Å². The number of nitrogens with one attached hydrogen (secondary N) is 3. The number of carbonyl (C=O) groups is 5. The van der Waals surface area contributed by atoms with Crippen molar-refractivity contribution < 1.29 is 38.6 Å². The van der Waals surface area contributed by atoms with Crippen LogP contribution in [0.5, 0.6) is 11.5 Å². The van der Waals surface area contributed by atoms with Gasteiger partial charge in [0, 0.05) is 46.1 Å². The number of thioether (sulfide) groups is 1. The molecular weight excluding hydrogens is 717 g/mol. The van der Waals surface area contributed by atoms with Gasteiger partial charge in [0.2, 0.25) is 11.8 Å². The molecule has 12 nitrogen and oxygen atoms in total. The van der Waals surface area contributed by atoms with Crippen molar-refractivity contribution in [2.45, 2.75) is 50.3 Å². The van der Waals surface area contributed by atoms with E-state index < -0.39 is 23.0 Å². The Labute approximate surface area is 315 Å². The molecule has 0 aliphatic carbocycles. The van der Waals surface area contributed by atoms with Gasteiger partial charge in [0.05, 0.1) is 31.1 Å². The number of thiophene rings is 1. The normalized spacial score (nSPS) is 13.0. The second-order valence-corrected chi connectivity index (χ2v) is 14.3. The number of amides is 4. The summed E-state index contributed by atoms with van der Waals surface area (Å²) >= 11 is 2.57. The zero-order valence-corrected chi connectivity index (χ0v) is 31.3. The van der Waals surface area contributed by atoms with E-state index in [1.54, 1.807) is 66.4 Å². The van der Waals surface area contributed by atoms with Crippen molar-refractivity contribution >= 4 is 69.5 Å². The molecule has 5 rings (SSSR count). The molecule has 4 amide bonds. The van der Waals surface area contributed by atoms with Gasteiger partial charge in [-0.25, -0.2) is 4.79 Å². The largest absolute Gasteiger partial charge is 0.508 e. The molecule has 1 aromatic heterocycles. The van der Waals surface area contributed by atoms with Crippen LogP contribution in [-0.2, 0) is 32.1 Å². The maximum Gasteiger partial charge on any atom is 0.341 e. The third-order valence-corrected chi connectivity index (χ3v) is 10.8. The van der Waals surface area contributed by atoms with Crippen molar-refractivity contribution in [1.29, 1.82) is 0 Å². The number of phenols is 1. The van der Waals surface area contributed by atoms with E-state index in [-0.39, 0.29) is 29.9 Å². The first kappa shape index (κ1) is 38.6. The van der Waals surface area contributed by atoms with Crippen LogP contribution < -0.4 is 20.7 Å². The van der Waals surface area contributed by atoms with Crippen LogP contribution in [-0.4, -0.2) is 65.1 Å². The van der Waals surface area contributed by atoms with Crippen molar-refractivity contribution in [3.05, 3.63) is 106 Å². The highest BCUT2D eigenvalue weighted by Crippen LogP contribution is 2.39. The van der Waals surface area contributed by atoms with Gasteiger partial charge in [0.1, 0.15) is 22.2 Å². The van der Waals surface area contributed by atoms with E-state index in [1.165, 1.54) is 55.3 Å². The summed E-state index contributed by atoms with van der Waals surface area (Å²) in [6.45, 7) is 6.11. The van der Waals surface area contributed by atoms with E-state index in [4.69, 9.17) is 9.47 Å². The first-order chi connectivity index (χ1) is 25.5. The van der Waals surface area contributed by atoms with Gasteiger partial charge >= 0.3 is 5.97 Å². The lowest BCUT2D eigenvalue weighted by Gasteiger charge is -2.25. The number of ether oxygens (including phenoxy) is 2. The Morgan fingerprint density at radius 3 is 2.47 bits per heavy atom. The van der Waals surface area contributed by atoms with Crippen LogP contribution in [0.4, 0.5) is 10.7 Å². The van der Waals surface area contributed by atoms with Gasteiger partial charge in [-0.3, -0.25) is 19.2 Å². The molecule has 0 radical (unpaired) electrons. The van der Waals surface area contributed by atoms with Gasteiger partial charge in [-0.2, -0.15) is 0 Å². The lowest BCUT2D eigenvalue weighted by molar-refractivity contribution is -0.129. The standard InChI is InChI=1S/C39H40N4O8S2/c1-5-32(37(48)42-38-34(39(49)51-6-2)29-17-18-43(23(3)44)22-33(29)53-38)52-28-14-10-13-26(20-28)40-36(47)30(41-35(46)24-11-8-7-9-12-24)19-25-15-16-27(45)21-31(25)50-4/h7-16,19-21,32,45H,5-6,17-18,22H2,1-4H3,(H,40,47)(H,41,46)(H,42,48)/b30-19+. The van der Waals surface area contributed by atoms with Gasteiger partial charge in [-0.15, -0.1) is 23.1 Å². The zero-order chi connectivity index (χ0) is 38.1. The maximum atomic E-state index is 13.7. The number of benzene rings is 3. The lowest BCUT2D eigenvalue weighted by Crippen LogP contribution is -2.34. The molecule has 3 aromatic carbocycles. The molecule has 0 fully saturated rings. The molecule has 0 saturated heterocycles. The van der Waals surface area contributed by atoms with Gasteiger partial charge < -0.3 is 35.4 Å². The monoisotopic (exact) mass is 756 g/mol. The molecule has 1 aliphatic rings. The minimum absolute atomic E-state index is 0.0262. The second-order valence-electron chi connectivity index (χ2n) is 11.9. The zero-order valence-electron chi connectivity index (χ0n) is 29.7. The molecule has 1 unspecified atom stereocenters. The molecule has 4 N–H and O–H groups in total. The average molecular weight is 757 g/mol. The molecule has 1 atom stereocenters. The maximum absolute atomic E-state index is 13.7. The van der Waals surface area contributed by atoms with E-state index in [0.717, 1.165) is 10.4 Å². The molecule has 0 bridgehead atoms. The Balaban J connectivity index is 1.34. The number of aromatic hydroxyl groups is 1. The number of fused-ring (bicyclic) bond motifs is 1. The van der Waals surface area contributed by atoms with Crippen LogP contribution in [0.25, 0.3) is 6.08 Å². The Morgan fingerprint density at radius 2 is 1.77 bits per heavy atom. The minimum atomic E-state index is -0.618. The number of hydrogen-bond donors (Lipinski definition) is 4. The minimum Gasteiger partial charge on any atom is -0.508 e.